The van der Waals surface area contributed by atoms with E-state index in [0.29, 0.717) is 11.1 Å². The Morgan fingerprint density at radius 2 is 1.13 bits per heavy atom. The fraction of sp³-hybridized carbons (Fsp3) is 0.179. The van der Waals surface area contributed by atoms with Gasteiger partial charge in [0, 0.05) is 24.0 Å². The molecule has 304 valence electrons. The SMILES string of the molecule is CC(C)(Cc1cc(CCc2ccc(-c3[c-]ccc4c3oc3cc(C#N)ccc34)nc2)cc(CC(C)(C)c2ccc(-c3[c-]cccc3)nc2)c1)c1ccc(-c2[c-]cccc2)nc1.[Ir+3]. The molecule has 0 atom stereocenters. The monoisotopic (exact) mass is 982 g/mol. The molecule has 4 heterocycles. The Morgan fingerprint density at radius 3 is 1.66 bits per heavy atom. The van der Waals surface area contributed by atoms with Gasteiger partial charge in [-0.1, -0.05) is 99.3 Å². The summed E-state index contributed by atoms with van der Waals surface area (Å²) in [5.41, 5.74) is 14.7. The average Bonchev–Trinajstić information content (AvgIpc) is 3.67. The third kappa shape index (κ3) is 9.07. The standard InChI is InChI=1S/C56H45N4O.Ir/c1-55(2,45-22-26-50(59-36-45)43-12-7-5-8-13-43)32-41-28-39(29-42(30-41)33-56(3,4)46-23-27-51(60-37-46)44-14-9-6-10-15-44)19-18-38-21-25-52(58-35-38)49-17-11-16-48-47-24-20-40(34-57)31-53(47)61-54(48)49;/h5-12,14,16,20-31,35-37H,18-19,32-33H2,1-4H3;/q-3;+3. The number of benzene rings is 5. The van der Waals surface area contributed by atoms with E-state index in [1.807, 2.05) is 91.4 Å². The van der Waals surface area contributed by atoms with E-state index in [4.69, 9.17) is 19.4 Å². The van der Waals surface area contributed by atoms with E-state index in [9.17, 15) is 5.26 Å². The van der Waals surface area contributed by atoms with E-state index in [-0.39, 0.29) is 30.9 Å². The molecule has 9 aromatic rings. The van der Waals surface area contributed by atoms with E-state index in [1.54, 1.807) is 6.07 Å². The van der Waals surface area contributed by atoms with Crippen molar-refractivity contribution in [3.8, 4) is 39.8 Å². The number of pyridine rings is 3. The predicted molar refractivity (Wildman–Crippen MR) is 245 cm³/mol. The van der Waals surface area contributed by atoms with Crippen LogP contribution in [0.15, 0.2) is 156 Å². The molecule has 4 aromatic heterocycles. The second kappa shape index (κ2) is 17.8. The van der Waals surface area contributed by atoms with Crippen molar-refractivity contribution < 1.29 is 24.5 Å². The van der Waals surface area contributed by atoms with Gasteiger partial charge in [-0.05, 0) is 99.1 Å². The zero-order chi connectivity index (χ0) is 42.0. The van der Waals surface area contributed by atoms with Crippen molar-refractivity contribution in [1.29, 1.82) is 5.26 Å². The van der Waals surface area contributed by atoms with Gasteiger partial charge >= 0.3 is 20.1 Å². The number of hydrogen-bond acceptors (Lipinski definition) is 5. The van der Waals surface area contributed by atoms with Crippen LogP contribution in [0.3, 0.4) is 0 Å². The molecule has 5 nitrogen and oxygen atoms in total. The third-order valence-electron chi connectivity index (χ3n) is 11.8. The fourth-order valence-electron chi connectivity index (χ4n) is 8.44. The van der Waals surface area contributed by atoms with Crippen LogP contribution < -0.4 is 0 Å². The van der Waals surface area contributed by atoms with Gasteiger partial charge in [-0.15, -0.1) is 90.0 Å². The van der Waals surface area contributed by atoms with Crippen LogP contribution in [0.5, 0.6) is 0 Å². The van der Waals surface area contributed by atoms with Gasteiger partial charge in [-0.25, -0.2) is 0 Å². The van der Waals surface area contributed by atoms with Gasteiger partial charge in [-0.3, -0.25) is 0 Å². The van der Waals surface area contributed by atoms with Gasteiger partial charge in [0.1, 0.15) is 5.58 Å². The normalized spacial score (nSPS) is 11.7. The van der Waals surface area contributed by atoms with E-state index in [1.165, 1.54) is 27.8 Å². The molecule has 0 saturated carbocycles. The molecule has 0 aliphatic heterocycles. The number of nitriles is 1. The maximum absolute atomic E-state index is 9.41. The van der Waals surface area contributed by atoms with Crippen molar-refractivity contribution in [2.24, 2.45) is 0 Å². The largest absolute Gasteiger partial charge is 3.00 e. The maximum atomic E-state index is 9.41. The summed E-state index contributed by atoms with van der Waals surface area (Å²) in [5, 5.41) is 11.4. The van der Waals surface area contributed by atoms with E-state index < -0.39 is 0 Å². The van der Waals surface area contributed by atoms with E-state index >= 15 is 0 Å². The van der Waals surface area contributed by atoms with Gasteiger partial charge < -0.3 is 19.4 Å². The van der Waals surface area contributed by atoms with E-state index in [0.717, 1.165) is 81.4 Å². The molecule has 0 spiro atoms. The minimum atomic E-state index is -0.150. The summed E-state index contributed by atoms with van der Waals surface area (Å²) in [6.45, 7) is 9.25. The summed E-state index contributed by atoms with van der Waals surface area (Å²) in [6.07, 6.45) is 9.50. The van der Waals surface area contributed by atoms with Crippen molar-refractivity contribution >= 4 is 21.9 Å². The molecule has 0 saturated heterocycles. The van der Waals surface area contributed by atoms with Gasteiger partial charge in [-0.2, -0.15) is 5.26 Å². The number of rotatable bonds is 12. The minimum Gasteiger partial charge on any atom is -0.501 e. The summed E-state index contributed by atoms with van der Waals surface area (Å²) in [7, 11) is 0. The quantitative estimate of drug-likeness (QED) is 0.114. The van der Waals surface area contributed by atoms with Crippen LogP contribution in [0.25, 0.3) is 55.7 Å². The first-order valence-corrected chi connectivity index (χ1v) is 20.8. The Bertz CT molecular complexity index is 2890. The molecule has 0 aliphatic carbocycles. The first-order chi connectivity index (χ1) is 29.6. The number of aromatic nitrogens is 3. The van der Waals surface area contributed by atoms with Crippen LogP contribution in [0, 0.1) is 29.5 Å². The number of furan rings is 1. The van der Waals surface area contributed by atoms with Crippen molar-refractivity contribution in [3.63, 3.8) is 0 Å². The molecule has 0 radical (unpaired) electrons. The Morgan fingerprint density at radius 1 is 0.548 bits per heavy atom. The first-order valence-electron chi connectivity index (χ1n) is 20.8. The number of fused-ring (bicyclic) bond motifs is 3. The summed E-state index contributed by atoms with van der Waals surface area (Å²) >= 11 is 0. The molecule has 0 N–H and O–H groups in total. The number of nitrogens with zero attached hydrogens (tertiary/aromatic N) is 4. The molecule has 0 unspecified atom stereocenters. The Balaban J connectivity index is 0.00000529. The van der Waals surface area contributed by atoms with Gasteiger partial charge in [0.25, 0.3) is 0 Å². The maximum Gasteiger partial charge on any atom is 3.00 e. The molecule has 5 aromatic carbocycles. The summed E-state index contributed by atoms with van der Waals surface area (Å²) in [6, 6.07) is 57.7. The van der Waals surface area contributed by atoms with Gasteiger partial charge in [0.05, 0.1) is 17.2 Å². The molecular weight excluding hydrogens is 937 g/mol. The van der Waals surface area contributed by atoms with Crippen LogP contribution in [-0.4, -0.2) is 15.0 Å². The summed E-state index contributed by atoms with van der Waals surface area (Å²) in [5.74, 6) is 0. The molecule has 9 rings (SSSR count). The van der Waals surface area contributed by atoms with Crippen molar-refractivity contribution in [1.82, 2.24) is 15.0 Å². The fourth-order valence-corrected chi connectivity index (χ4v) is 8.44. The summed E-state index contributed by atoms with van der Waals surface area (Å²) < 4.78 is 6.28. The molecular formula is C56H45IrN4O. The number of aryl methyl sites for hydroxylation is 2. The van der Waals surface area contributed by atoms with Gasteiger partial charge in [0.15, 0.2) is 0 Å². The molecule has 62 heavy (non-hydrogen) atoms. The van der Waals surface area contributed by atoms with Crippen LogP contribution in [0.4, 0.5) is 0 Å². The van der Waals surface area contributed by atoms with Crippen LogP contribution in [0.2, 0.25) is 0 Å². The zero-order valence-electron chi connectivity index (χ0n) is 35.3. The third-order valence-corrected chi connectivity index (χ3v) is 11.8. The van der Waals surface area contributed by atoms with Gasteiger partial charge in [0.2, 0.25) is 0 Å². The Labute approximate surface area is 377 Å². The van der Waals surface area contributed by atoms with Crippen molar-refractivity contribution in [2.45, 2.75) is 64.2 Å². The zero-order valence-corrected chi connectivity index (χ0v) is 37.7. The van der Waals surface area contributed by atoms with Crippen molar-refractivity contribution in [2.75, 3.05) is 0 Å². The predicted octanol–water partition coefficient (Wildman–Crippen LogP) is 12.9. The smallest absolute Gasteiger partial charge is 0.501 e. The minimum absolute atomic E-state index is 0. The second-order valence-corrected chi connectivity index (χ2v) is 17.3. The topological polar surface area (TPSA) is 75.6 Å². The molecule has 0 amide bonds. The Hall–Kier alpha value is -6.51. The average molecular weight is 982 g/mol. The Kier molecular flexibility index (Phi) is 12.1. The van der Waals surface area contributed by atoms with Crippen LogP contribution in [0.1, 0.15) is 66.6 Å². The van der Waals surface area contributed by atoms with Crippen molar-refractivity contribution in [3.05, 3.63) is 209 Å². The molecule has 6 heteroatoms. The number of hydrogen-bond donors (Lipinski definition) is 0. The van der Waals surface area contributed by atoms with Crippen LogP contribution >= 0.6 is 0 Å². The molecule has 0 bridgehead atoms. The van der Waals surface area contributed by atoms with Crippen LogP contribution in [-0.2, 0) is 56.6 Å². The first kappa shape index (κ1) is 42.2. The van der Waals surface area contributed by atoms with E-state index in [2.05, 4.69) is 107 Å². The molecule has 0 aliphatic rings. The second-order valence-electron chi connectivity index (χ2n) is 17.3. The summed E-state index contributed by atoms with van der Waals surface area (Å²) in [4.78, 5) is 14.6. The molecule has 0 fully saturated rings.